The van der Waals surface area contributed by atoms with E-state index in [1.54, 1.807) is 16.7 Å². The molecule has 0 bridgehead atoms. The van der Waals surface area contributed by atoms with Crippen LogP contribution in [0.15, 0.2) is 24.3 Å². The lowest BCUT2D eigenvalue weighted by Crippen LogP contribution is -3.16. The third-order valence-corrected chi connectivity index (χ3v) is 5.18. The first-order valence-corrected chi connectivity index (χ1v) is 9.47. The second-order valence-electron chi connectivity index (χ2n) is 7.50. The molecular formula is C21H26FN4O2+. The summed E-state index contributed by atoms with van der Waals surface area (Å²) in [5, 5.41) is 12.5. The minimum atomic E-state index is -0.375. The van der Waals surface area contributed by atoms with Gasteiger partial charge in [-0.25, -0.2) is 4.39 Å². The molecule has 0 radical (unpaired) electrons. The van der Waals surface area contributed by atoms with Crippen LogP contribution < -0.4 is 10.2 Å². The Kier molecular flexibility index (Phi) is 5.82. The lowest BCUT2D eigenvalue weighted by molar-refractivity contribution is -0.907. The van der Waals surface area contributed by atoms with Gasteiger partial charge in [-0.1, -0.05) is 6.07 Å². The molecule has 2 atom stereocenters. The van der Waals surface area contributed by atoms with Gasteiger partial charge in [0.1, 0.15) is 43.0 Å². The summed E-state index contributed by atoms with van der Waals surface area (Å²) < 4.78 is 21.2. The van der Waals surface area contributed by atoms with Crippen molar-refractivity contribution in [1.29, 1.82) is 5.26 Å². The molecular weight excluding hydrogens is 359 g/mol. The number of aromatic nitrogens is 1. The van der Waals surface area contributed by atoms with E-state index in [0.29, 0.717) is 17.1 Å². The number of quaternary nitrogens is 1. The van der Waals surface area contributed by atoms with Crippen molar-refractivity contribution in [3.8, 4) is 11.8 Å². The van der Waals surface area contributed by atoms with E-state index in [-0.39, 0.29) is 30.5 Å². The molecule has 2 N–H and O–H groups in total. The predicted octanol–water partition coefficient (Wildman–Crippen LogP) is 1.74. The van der Waals surface area contributed by atoms with Crippen LogP contribution in [0.25, 0.3) is 5.69 Å². The van der Waals surface area contributed by atoms with E-state index in [1.165, 1.54) is 12.1 Å². The van der Waals surface area contributed by atoms with Crippen molar-refractivity contribution < 1.29 is 18.8 Å². The Labute approximate surface area is 164 Å². The number of halogens is 1. The van der Waals surface area contributed by atoms with E-state index >= 15 is 0 Å². The highest BCUT2D eigenvalue weighted by atomic mass is 19.1. The van der Waals surface area contributed by atoms with Crippen molar-refractivity contribution in [2.45, 2.75) is 39.9 Å². The Hall–Kier alpha value is -2.69. The zero-order chi connectivity index (χ0) is 20.4. The molecule has 3 rings (SSSR count). The quantitative estimate of drug-likeness (QED) is 0.842. The molecule has 1 aromatic heterocycles. The van der Waals surface area contributed by atoms with Crippen LogP contribution in [0.2, 0.25) is 0 Å². The maximum atomic E-state index is 13.8. The number of nitrogens with one attached hydrogen (secondary N) is 2. The van der Waals surface area contributed by atoms with Crippen LogP contribution in [-0.4, -0.2) is 42.3 Å². The van der Waals surface area contributed by atoms with Crippen molar-refractivity contribution in [2.24, 2.45) is 0 Å². The maximum Gasteiger partial charge on any atom is 0.280 e. The topological polar surface area (TPSA) is 71.5 Å². The fourth-order valence-electron chi connectivity index (χ4n) is 3.94. The summed E-state index contributed by atoms with van der Waals surface area (Å²) in [5.41, 5.74) is 2.52. The third-order valence-electron chi connectivity index (χ3n) is 5.18. The number of nitrogens with zero attached hydrogens (tertiary/aromatic N) is 2. The number of anilines is 1. The summed E-state index contributed by atoms with van der Waals surface area (Å²) in [6, 6.07) is 8.29. The van der Waals surface area contributed by atoms with Gasteiger partial charge in [-0.3, -0.25) is 9.36 Å². The Bertz CT molecular complexity index is 921. The second-order valence-corrected chi connectivity index (χ2v) is 7.50. The van der Waals surface area contributed by atoms with E-state index in [1.807, 2.05) is 27.7 Å². The Morgan fingerprint density at radius 3 is 2.64 bits per heavy atom. The van der Waals surface area contributed by atoms with Crippen molar-refractivity contribution in [2.75, 3.05) is 25.0 Å². The lowest BCUT2D eigenvalue weighted by Gasteiger charge is -2.31. The average molecular weight is 385 g/mol. The van der Waals surface area contributed by atoms with Crippen molar-refractivity contribution in [3.63, 3.8) is 0 Å². The van der Waals surface area contributed by atoms with E-state index in [9.17, 15) is 14.4 Å². The van der Waals surface area contributed by atoms with Crippen LogP contribution in [0.1, 0.15) is 30.7 Å². The highest BCUT2D eigenvalue weighted by molar-refractivity contribution is 5.93. The molecule has 2 aromatic rings. The van der Waals surface area contributed by atoms with Crippen LogP contribution >= 0.6 is 0 Å². The predicted molar refractivity (Wildman–Crippen MR) is 104 cm³/mol. The van der Waals surface area contributed by atoms with E-state index < -0.39 is 0 Å². The first-order valence-electron chi connectivity index (χ1n) is 9.47. The fraction of sp³-hybridized carbons (Fsp3) is 0.429. The molecule has 1 saturated heterocycles. The number of benzene rings is 1. The second kappa shape index (κ2) is 8.13. The first-order chi connectivity index (χ1) is 13.3. The molecule has 1 aliphatic rings. The van der Waals surface area contributed by atoms with Gasteiger partial charge in [0, 0.05) is 5.69 Å². The normalized spacial score (nSPS) is 21.9. The monoisotopic (exact) mass is 385 g/mol. The lowest BCUT2D eigenvalue weighted by atomic mass is 10.2. The summed E-state index contributed by atoms with van der Waals surface area (Å²) in [6.45, 7) is 9.49. The number of carbonyl (C=O) groups is 1. The van der Waals surface area contributed by atoms with Crippen molar-refractivity contribution in [1.82, 2.24) is 4.57 Å². The number of hydrogen-bond donors (Lipinski definition) is 2. The molecule has 2 heterocycles. The summed E-state index contributed by atoms with van der Waals surface area (Å²) >= 11 is 0. The van der Waals surface area contributed by atoms with Gasteiger partial charge in [-0.15, -0.1) is 0 Å². The zero-order valence-corrected chi connectivity index (χ0v) is 16.7. The number of amides is 1. The minimum Gasteiger partial charge on any atom is -0.364 e. The standard InChI is InChI=1S/C21H25FN4O2/c1-13-10-25(11-14(2)28-13)12-20(27)24-21-19(9-23)15(3)16(4)26(21)18-7-5-6-17(22)8-18/h5-8,13-14H,10-12H2,1-4H3,(H,24,27)/p+1/t13-,14-/m0/s1. The smallest absolute Gasteiger partial charge is 0.280 e. The third kappa shape index (κ3) is 4.08. The molecule has 1 fully saturated rings. The van der Waals surface area contributed by atoms with Gasteiger partial charge < -0.3 is 15.0 Å². The van der Waals surface area contributed by atoms with Crippen LogP contribution in [-0.2, 0) is 9.53 Å². The molecule has 0 spiro atoms. The Balaban J connectivity index is 1.90. The first kappa shape index (κ1) is 20.1. The molecule has 0 saturated carbocycles. The largest absolute Gasteiger partial charge is 0.364 e. The molecule has 6 nitrogen and oxygen atoms in total. The highest BCUT2D eigenvalue weighted by Crippen LogP contribution is 2.30. The van der Waals surface area contributed by atoms with Gasteiger partial charge in [0.2, 0.25) is 0 Å². The number of carbonyl (C=O) groups excluding carboxylic acids is 1. The summed E-state index contributed by atoms with van der Waals surface area (Å²) in [5.74, 6) is -0.162. The van der Waals surface area contributed by atoms with Gasteiger partial charge in [-0.2, -0.15) is 5.26 Å². The van der Waals surface area contributed by atoms with E-state index in [0.717, 1.165) is 29.2 Å². The maximum absolute atomic E-state index is 13.8. The van der Waals surface area contributed by atoms with Gasteiger partial charge in [0.05, 0.1) is 11.3 Å². The SMILES string of the molecule is Cc1c(C#N)c(NC(=O)C[NH+]2C[C@H](C)O[C@@H](C)C2)n(-c2cccc(F)c2)c1C. The number of morpholine rings is 1. The molecule has 1 aliphatic heterocycles. The number of rotatable bonds is 4. The number of nitriles is 1. The van der Waals surface area contributed by atoms with Crippen LogP contribution in [0.4, 0.5) is 10.2 Å². The van der Waals surface area contributed by atoms with E-state index in [4.69, 9.17) is 4.74 Å². The average Bonchev–Trinajstić information content (AvgIpc) is 2.83. The van der Waals surface area contributed by atoms with Crippen LogP contribution in [0.5, 0.6) is 0 Å². The molecule has 1 amide bonds. The summed E-state index contributed by atoms with van der Waals surface area (Å²) in [4.78, 5) is 13.9. The Morgan fingerprint density at radius 1 is 1.36 bits per heavy atom. The van der Waals surface area contributed by atoms with E-state index in [2.05, 4.69) is 11.4 Å². The van der Waals surface area contributed by atoms with Gasteiger partial charge >= 0.3 is 0 Å². The highest BCUT2D eigenvalue weighted by Gasteiger charge is 2.28. The van der Waals surface area contributed by atoms with Crippen molar-refractivity contribution >= 4 is 11.7 Å². The van der Waals surface area contributed by atoms with Crippen molar-refractivity contribution in [3.05, 3.63) is 46.9 Å². The molecule has 7 heteroatoms. The molecule has 1 aromatic carbocycles. The van der Waals surface area contributed by atoms with Gasteiger partial charge in [-0.05, 0) is 51.5 Å². The number of ether oxygens (including phenoxy) is 1. The molecule has 0 aliphatic carbocycles. The van der Waals surface area contributed by atoms with Gasteiger partial charge in [0.25, 0.3) is 5.91 Å². The summed E-state index contributed by atoms with van der Waals surface area (Å²) in [6.07, 6.45) is 0.198. The Morgan fingerprint density at radius 2 is 2.04 bits per heavy atom. The van der Waals surface area contributed by atoms with Gasteiger partial charge in [0.15, 0.2) is 6.54 Å². The van der Waals surface area contributed by atoms with Crippen LogP contribution in [0, 0.1) is 31.0 Å². The summed E-state index contributed by atoms with van der Waals surface area (Å²) in [7, 11) is 0. The minimum absolute atomic E-state index is 0.0989. The van der Waals surface area contributed by atoms with Crippen LogP contribution in [0.3, 0.4) is 0 Å². The zero-order valence-electron chi connectivity index (χ0n) is 16.7. The number of hydrogen-bond acceptors (Lipinski definition) is 3. The molecule has 0 unspecified atom stereocenters. The fourth-order valence-corrected chi connectivity index (χ4v) is 3.94. The molecule has 148 valence electrons. The molecule has 28 heavy (non-hydrogen) atoms.